The van der Waals surface area contributed by atoms with Crippen LogP contribution in [0.3, 0.4) is 0 Å². The van der Waals surface area contributed by atoms with E-state index in [2.05, 4.69) is 15.8 Å². The van der Waals surface area contributed by atoms with Crippen LogP contribution in [0.4, 0.5) is 8.78 Å². The Morgan fingerprint density at radius 2 is 1.76 bits per heavy atom. The van der Waals surface area contributed by atoms with Crippen LogP contribution in [0.5, 0.6) is 5.88 Å². The number of hydrogen-bond acceptors (Lipinski definition) is 8. The first-order chi connectivity index (χ1) is 24.1. The summed E-state index contributed by atoms with van der Waals surface area (Å²) >= 11 is 0. The van der Waals surface area contributed by atoms with Crippen LogP contribution in [0.25, 0.3) is 22.3 Å². The topological polar surface area (TPSA) is 151 Å². The monoisotopic (exact) mass is 692 g/mol. The van der Waals surface area contributed by atoms with E-state index in [0.29, 0.717) is 59.5 Å². The second-order valence-electron chi connectivity index (χ2n) is 12.9. The number of ether oxygens (including phenoxy) is 1. The lowest BCUT2D eigenvalue weighted by molar-refractivity contribution is 0.0981. The number of carbonyl (C=O) groups excluding carboxylic acids is 1. The van der Waals surface area contributed by atoms with E-state index in [-0.39, 0.29) is 41.0 Å². The predicted molar refractivity (Wildman–Crippen MR) is 179 cm³/mol. The number of nitrogens with one attached hydrogen (secondary N) is 1. The summed E-state index contributed by atoms with van der Waals surface area (Å²) in [7, 11) is -3.74. The fraction of sp³-hybridized carbons (Fsp3) is 0.270. The average molecular weight is 693 g/mol. The van der Waals surface area contributed by atoms with Crippen molar-refractivity contribution >= 4 is 27.0 Å². The van der Waals surface area contributed by atoms with Crippen LogP contribution in [0.1, 0.15) is 65.0 Å². The van der Waals surface area contributed by atoms with Gasteiger partial charge in [0.1, 0.15) is 24.1 Å². The summed E-state index contributed by atoms with van der Waals surface area (Å²) in [6, 6.07) is 22.8. The molecule has 1 amide bonds. The highest BCUT2D eigenvalue weighted by Gasteiger charge is 2.43. The van der Waals surface area contributed by atoms with Gasteiger partial charge in [-0.25, -0.2) is 31.9 Å². The third-order valence-electron chi connectivity index (χ3n) is 9.17. The van der Waals surface area contributed by atoms with E-state index in [4.69, 9.17) is 15.0 Å². The smallest absolute Gasteiger partial charge is 0.264 e. The minimum absolute atomic E-state index is 0.107. The Hall–Kier alpha value is -5.66. The molecule has 0 radical (unpaired) electrons. The number of pyridine rings is 1. The first-order valence-corrected chi connectivity index (χ1v) is 17.6. The highest BCUT2D eigenvalue weighted by Crippen LogP contribution is 2.50. The number of aromatic nitrogens is 3. The summed E-state index contributed by atoms with van der Waals surface area (Å²) in [5.41, 5.74) is 2.85. The molecule has 3 aromatic carbocycles. The van der Waals surface area contributed by atoms with Crippen molar-refractivity contribution in [3.63, 3.8) is 0 Å². The van der Waals surface area contributed by atoms with E-state index in [9.17, 15) is 22.9 Å². The number of carbonyl (C=O) groups is 1. The second kappa shape index (κ2) is 13.0. The number of hydrogen-bond donors (Lipinski definition) is 1. The van der Waals surface area contributed by atoms with Crippen molar-refractivity contribution in [1.29, 1.82) is 10.5 Å². The predicted octanol–water partition coefficient (Wildman–Crippen LogP) is 6.33. The maximum Gasteiger partial charge on any atom is 0.264 e. The summed E-state index contributed by atoms with van der Waals surface area (Å²) in [6.45, 7) is 0.338. The SMILES string of the molecule is N#CCC1(Cn2c(Cc3ccc(-c4cccc(OCc5ccc(C#N)cc5F)n4)cc3F)nc3ccc(C(=O)NS(=O)(=O)C4CC4)cc32)CC1. The number of amides is 1. The van der Waals surface area contributed by atoms with Crippen LogP contribution in [0.2, 0.25) is 0 Å². The van der Waals surface area contributed by atoms with Gasteiger partial charge in [-0.3, -0.25) is 4.79 Å². The lowest BCUT2D eigenvalue weighted by Crippen LogP contribution is -2.33. The van der Waals surface area contributed by atoms with E-state index >= 15 is 4.39 Å². The van der Waals surface area contributed by atoms with Crippen LogP contribution in [0, 0.1) is 39.7 Å². The molecule has 5 aromatic rings. The molecule has 2 fully saturated rings. The zero-order valence-electron chi connectivity index (χ0n) is 26.7. The molecule has 2 heterocycles. The Morgan fingerprint density at radius 3 is 2.46 bits per heavy atom. The first kappa shape index (κ1) is 32.9. The van der Waals surface area contributed by atoms with Gasteiger partial charge in [-0.1, -0.05) is 24.3 Å². The van der Waals surface area contributed by atoms with Crippen molar-refractivity contribution in [2.75, 3.05) is 0 Å². The zero-order chi connectivity index (χ0) is 35.0. The Bertz CT molecular complexity index is 2350. The molecule has 0 bridgehead atoms. The normalized spacial score (nSPS) is 14.9. The van der Waals surface area contributed by atoms with Crippen molar-refractivity contribution in [3.05, 3.63) is 113 Å². The van der Waals surface area contributed by atoms with E-state index in [1.807, 2.05) is 10.6 Å². The second-order valence-corrected chi connectivity index (χ2v) is 14.8. The summed E-state index contributed by atoms with van der Waals surface area (Å²) in [5.74, 6) is -1.01. The lowest BCUT2D eigenvalue weighted by atomic mass is 10.0. The van der Waals surface area contributed by atoms with Crippen molar-refractivity contribution in [3.8, 4) is 29.3 Å². The third-order valence-corrected chi connectivity index (χ3v) is 11.0. The summed E-state index contributed by atoms with van der Waals surface area (Å²) in [4.78, 5) is 22.2. The van der Waals surface area contributed by atoms with Gasteiger partial charge >= 0.3 is 0 Å². The number of benzene rings is 3. The summed E-state index contributed by atoms with van der Waals surface area (Å²) in [5, 5.41) is 17.9. The molecule has 2 aliphatic rings. The number of halogens is 2. The van der Waals surface area contributed by atoms with Gasteiger partial charge in [0.05, 0.1) is 39.7 Å². The minimum Gasteiger partial charge on any atom is -0.473 e. The number of nitriles is 2. The van der Waals surface area contributed by atoms with E-state index in [0.717, 1.165) is 18.9 Å². The molecule has 2 aliphatic carbocycles. The van der Waals surface area contributed by atoms with Crippen LogP contribution in [-0.4, -0.2) is 34.1 Å². The van der Waals surface area contributed by atoms with Gasteiger partial charge in [0.15, 0.2) is 0 Å². The molecular weight excluding hydrogens is 663 g/mol. The van der Waals surface area contributed by atoms with E-state index in [1.54, 1.807) is 42.5 Å². The van der Waals surface area contributed by atoms with Crippen LogP contribution in [0.15, 0.2) is 72.8 Å². The first-order valence-electron chi connectivity index (χ1n) is 16.1. The quantitative estimate of drug-likeness (QED) is 0.159. The Morgan fingerprint density at radius 1 is 0.980 bits per heavy atom. The lowest BCUT2D eigenvalue weighted by Gasteiger charge is -2.16. The Kier molecular flexibility index (Phi) is 8.54. The number of imidazole rings is 1. The van der Waals surface area contributed by atoms with Crippen LogP contribution >= 0.6 is 0 Å². The molecule has 13 heteroatoms. The third kappa shape index (κ3) is 6.91. The molecule has 2 aromatic heterocycles. The van der Waals surface area contributed by atoms with Gasteiger partial charge < -0.3 is 9.30 Å². The summed E-state index contributed by atoms with van der Waals surface area (Å²) < 4.78 is 64.6. The fourth-order valence-corrected chi connectivity index (χ4v) is 7.21. The van der Waals surface area contributed by atoms with E-state index in [1.165, 1.54) is 24.3 Å². The van der Waals surface area contributed by atoms with Crippen LogP contribution in [-0.2, 0) is 29.6 Å². The molecule has 7 rings (SSSR count). The highest BCUT2D eigenvalue weighted by molar-refractivity contribution is 7.91. The largest absolute Gasteiger partial charge is 0.473 e. The van der Waals surface area contributed by atoms with Crippen molar-refractivity contribution in [1.82, 2.24) is 19.3 Å². The molecule has 252 valence electrons. The molecule has 10 nitrogen and oxygen atoms in total. The Labute approximate surface area is 287 Å². The molecule has 0 atom stereocenters. The van der Waals surface area contributed by atoms with Gasteiger partial charge in [0.25, 0.3) is 5.91 Å². The maximum absolute atomic E-state index is 15.7. The molecule has 50 heavy (non-hydrogen) atoms. The maximum atomic E-state index is 15.7. The number of sulfonamides is 1. The summed E-state index contributed by atoms with van der Waals surface area (Å²) in [6.07, 6.45) is 3.20. The standard InChI is InChI=1S/C37H30F2N6O4S/c38-29-16-23(20-41)4-5-27(29)21-49-35-3-1-2-31(43-35)25-7-6-24(30(39)17-25)19-34-42-32-11-8-26(36(46)44-50(47,48)28-9-10-28)18-33(32)45(34)22-37(12-13-37)14-15-40/h1-8,11,16-18,28H,9-10,12-14,19,21-22H2,(H,44,46). The zero-order valence-corrected chi connectivity index (χ0v) is 27.5. The molecule has 0 aliphatic heterocycles. The van der Waals surface area contributed by atoms with Crippen molar-refractivity contribution in [2.45, 2.75) is 56.9 Å². The van der Waals surface area contributed by atoms with Gasteiger partial charge in [-0.05, 0) is 73.7 Å². The van der Waals surface area contributed by atoms with E-state index < -0.39 is 32.8 Å². The molecule has 1 N–H and O–H groups in total. The average Bonchev–Trinajstić information content (AvgIpc) is 4.04. The van der Waals surface area contributed by atoms with Crippen molar-refractivity contribution in [2.24, 2.45) is 5.41 Å². The van der Waals surface area contributed by atoms with Crippen LogP contribution < -0.4 is 9.46 Å². The molecule has 0 spiro atoms. The van der Waals surface area contributed by atoms with Gasteiger partial charge in [0.2, 0.25) is 15.9 Å². The number of nitrogens with zero attached hydrogens (tertiary/aromatic N) is 5. The highest BCUT2D eigenvalue weighted by atomic mass is 32.2. The molecule has 0 saturated heterocycles. The van der Waals surface area contributed by atoms with Crippen molar-refractivity contribution < 1.29 is 26.7 Å². The van der Waals surface area contributed by atoms with Gasteiger partial charge in [-0.15, -0.1) is 0 Å². The fourth-order valence-electron chi connectivity index (χ4n) is 5.91. The number of fused-ring (bicyclic) bond motifs is 1. The molecule has 0 unspecified atom stereocenters. The molecule has 2 saturated carbocycles. The van der Waals surface area contributed by atoms with Gasteiger partial charge in [0, 0.05) is 47.6 Å². The number of rotatable bonds is 12. The minimum atomic E-state index is -3.74. The Balaban J connectivity index is 1.14. The van der Waals surface area contributed by atoms with Gasteiger partial charge in [-0.2, -0.15) is 10.5 Å². The molecular formula is C37H30F2N6O4S.